The summed E-state index contributed by atoms with van der Waals surface area (Å²) in [6.45, 7) is 1.35. The molecular formula is C9H16N. The van der Waals surface area contributed by atoms with Crippen LogP contribution < -0.4 is 0 Å². The Morgan fingerprint density at radius 3 is 3.10 bits per heavy atom. The third kappa shape index (κ3) is 1.07. The molecular weight excluding hydrogens is 122 g/mol. The second-order valence-electron chi connectivity index (χ2n) is 3.78. The molecule has 1 nitrogen and oxygen atoms in total. The van der Waals surface area contributed by atoms with Crippen molar-refractivity contribution in [3.05, 3.63) is 6.42 Å². The minimum Gasteiger partial charge on any atom is -0.303 e. The van der Waals surface area contributed by atoms with Crippen molar-refractivity contribution in [2.45, 2.75) is 31.7 Å². The number of hydrogen-bond donors (Lipinski definition) is 0. The first kappa shape index (κ1) is 6.66. The van der Waals surface area contributed by atoms with Crippen LogP contribution in [0, 0.1) is 12.3 Å². The van der Waals surface area contributed by atoms with Crippen molar-refractivity contribution in [1.82, 2.24) is 4.90 Å². The molecule has 2 bridgehead atoms. The highest BCUT2D eigenvalue weighted by Gasteiger charge is 2.28. The van der Waals surface area contributed by atoms with Crippen LogP contribution in [0.3, 0.4) is 0 Å². The molecule has 0 aromatic rings. The summed E-state index contributed by atoms with van der Waals surface area (Å²) in [4.78, 5) is 2.52. The highest BCUT2D eigenvalue weighted by molar-refractivity contribution is 4.94. The number of hydrogen-bond acceptors (Lipinski definition) is 1. The lowest BCUT2D eigenvalue weighted by atomic mass is 9.95. The largest absolute Gasteiger partial charge is 0.303 e. The molecule has 2 saturated heterocycles. The van der Waals surface area contributed by atoms with Crippen LogP contribution in [0.1, 0.15) is 25.7 Å². The number of nitrogens with zero attached hydrogens (tertiary/aromatic N) is 1. The molecule has 1 radical (unpaired) electrons. The molecule has 2 aliphatic heterocycles. The zero-order valence-electron chi connectivity index (χ0n) is 6.71. The Hall–Kier alpha value is -0.0400. The van der Waals surface area contributed by atoms with Crippen LogP contribution in [-0.4, -0.2) is 24.5 Å². The Bertz CT molecular complexity index is 118. The molecule has 1 heteroatoms. The van der Waals surface area contributed by atoms with Gasteiger partial charge in [0.1, 0.15) is 0 Å². The summed E-state index contributed by atoms with van der Waals surface area (Å²) in [5, 5.41) is 0. The van der Waals surface area contributed by atoms with Gasteiger partial charge in [-0.2, -0.15) is 0 Å². The molecule has 57 valence electrons. The third-order valence-corrected chi connectivity index (χ3v) is 2.97. The maximum absolute atomic E-state index is 2.52. The minimum atomic E-state index is 0.818. The fourth-order valence-corrected chi connectivity index (χ4v) is 2.31. The molecule has 10 heavy (non-hydrogen) atoms. The van der Waals surface area contributed by atoms with E-state index in [2.05, 4.69) is 18.4 Å². The van der Waals surface area contributed by atoms with Gasteiger partial charge in [0.2, 0.25) is 0 Å². The van der Waals surface area contributed by atoms with Crippen molar-refractivity contribution < 1.29 is 0 Å². The van der Waals surface area contributed by atoms with Crippen LogP contribution >= 0.6 is 0 Å². The number of fused-ring (bicyclic) bond motifs is 4. The van der Waals surface area contributed by atoms with Crippen molar-refractivity contribution in [2.24, 2.45) is 5.92 Å². The van der Waals surface area contributed by atoms with Gasteiger partial charge in [0.15, 0.2) is 0 Å². The lowest BCUT2D eigenvalue weighted by molar-refractivity contribution is 0.201. The topological polar surface area (TPSA) is 3.24 Å². The first-order chi connectivity index (χ1) is 4.86. The second kappa shape index (κ2) is 2.54. The molecule has 3 aliphatic rings. The molecule has 3 fully saturated rings. The Kier molecular flexibility index (Phi) is 1.69. The summed E-state index contributed by atoms with van der Waals surface area (Å²) < 4.78 is 0. The zero-order chi connectivity index (χ0) is 6.97. The maximum atomic E-state index is 2.52. The molecule has 3 rings (SSSR count). The highest BCUT2D eigenvalue weighted by Crippen LogP contribution is 2.31. The summed E-state index contributed by atoms with van der Waals surface area (Å²) in [5.74, 6) is 0.990. The van der Waals surface area contributed by atoms with Crippen LogP contribution in [0.5, 0.6) is 0 Å². The Morgan fingerprint density at radius 2 is 2.30 bits per heavy atom. The van der Waals surface area contributed by atoms with Gasteiger partial charge in [-0.3, -0.25) is 0 Å². The van der Waals surface area contributed by atoms with Gasteiger partial charge in [0, 0.05) is 12.6 Å². The van der Waals surface area contributed by atoms with Crippen LogP contribution in [0.15, 0.2) is 0 Å². The molecule has 2 unspecified atom stereocenters. The molecule has 0 amide bonds. The molecule has 0 N–H and O–H groups in total. The Morgan fingerprint density at radius 1 is 1.40 bits per heavy atom. The highest BCUT2D eigenvalue weighted by atomic mass is 15.1. The molecule has 0 aromatic heterocycles. The molecule has 1 saturated carbocycles. The average Bonchev–Trinajstić information content (AvgIpc) is 2.20. The van der Waals surface area contributed by atoms with Gasteiger partial charge < -0.3 is 4.90 Å². The van der Waals surface area contributed by atoms with E-state index in [0.717, 1.165) is 12.0 Å². The Labute approximate surface area is 63.4 Å². The molecule has 0 spiro atoms. The van der Waals surface area contributed by atoms with Crippen LogP contribution in [0.2, 0.25) is 0 Å². The SMILES string of the molecule is CN1CC2C[CH]C1CCC2. The van der Waals surface area contributed by atoms with Crippen molar-refractivity contribution in [2.75, 3.05) is 13.6 Å². The van der Waals surface area contributed by atoms with Gasteiger partial charge in [-0.1, -0.05) is 6.42 Å². The summed E-state index contributed by atoms with van der Waals surface area (Å²) in [5.41, 5.74) is 0. The fraction of sp³-hybridized carbons (Fsp3) is 0.889. The van der Waals surface area contributed by atoms with Crippen molar-refractivity contribution in [3.8, 4) is 0 Å². The van der Waals surface area contributed by atoms with Crippen molar-refractivity contribution >= 4 is 0 Å². The van der Waals surface area contributed by atoms with Crippen LogP contribution in [0.25, 0.3) is 0 Å². The normalized spacial score (nSPS) is 41.7. The van der Waals surface area contributed by atoms with Gasteiger partial charge in [-0.25, -0.2) is 0 Å². The van der Waals surface area contributed by atoms with E-state index in [4.69, 9.17) is 0 Å². The summed E-state index contributed by atoms with van der Waals surface area (Å²) in [6.07, 6.45) is 8.23. The molecule has 1 aliphatic carbocycles. The summed E-state index contributed by atoms with van der Waals surface area (Å²) in [7, 11) is 2.26. The van der Waals surface area contributed by atoms with E-state index in [0.29, 0.717) is 0 Å². The van der Waals surface area contributed by atoms with Gasteiger partial charge >= 0.3 is 0 Å². The number of rotatable bonds is 0. The van der Waals surface area contributed by atoms with Gasteiger partial charge in [-0.15, -0.1) is 0 Å². The quantitative estimate of drug-likeness (QED) is 0.492. The van der Waals surface area contributed by atoms with E-state index < -0.39 is 0 Å². The summed E-state index contributed by atoms with van der Waals surface area (Å²) >= 11 is 0. The predicted octanol–water partition coefficient (Wildman–Crippen LogP) is 1.69. The smallest absolute Gasteiger partial charge is 0.0124 e. The Balaban J connectivity index is 2.07. The molecule has 2 heterocycles. The van der Waals surface area contributed by atoms with Crippen LogP contribution in [0.4, 0.5) is 0 Å². The predicted molar refractivity (Wildman–Crippen MR) is 42.7 cm³/mol. The standard InChI is InChI=1S/C9H16N/c1-10-7-8-3-2-4-9(10)6-5-8/h6,8-9H,2-5,7H2,1H3. The van der Waals surface area contributed by atoms with Gasteiger partial charge in [-0.05, 0) is 38.6 Å². The average molecular weight is 138 g/mol. The van der Waals surface area contributed by atoms with Crippen LogP contribution in [-0.2, 0) is 0 Å². The minimum absolute atomic E-state index is 0.818. The summed E-state index contributed by atoms with van der Waals surface area (Å²) in [6, 6.07) is 0.818. The van der Waals surface area contributed by atoms with E-state index in [1.807, 2.05) is 0 Å². The van der Waals surface area contributed by atoms with Crippen molar-refractivity contribution in [3.63, 3.8) is 0 Å². The number of piperidine rings is 1. The van der Waals surface area contributed by atoms with E-state index >= 15 is 0 Å². The first-order valence-corrected chi connectivity index (χ1v) is 4.40. The van der Waals surface area contributed by atoms with E-state index in [9.17, 15) is 0 Å². The van der Waals surface area contributed by atoms with Gasteiger partial charge in [0.25, 0.3) is 0 Å². The lowest BCUT2D eigenvalue weighted by Gasteiger charge is -2.33. The maximum Gasteiger partial charge on any atom is 0.0124 e. The van der Waals surface area contributed by atoms with E-state index in [1.165, 1.54) is 32.2 Å². The molecule has 0 aromatic carbocycles. The van der Waals surface area contributed by atoms with Crippen molar-refractivity contribution in [1.29, 1.82) is 0 Å². The van der Waals surface area contributed by atoms with E-state index in [1.54, 1.807) is 0 Å². The monoisotopic (exact) mass is 138 g/mol. The zero-order valence-corrected chi connectivity index (χ0v) is 6.71. The van der Waals surface area contributed by atoms with E-state index in [-0.39, 0.29) is 0 Å². The second-order valence-corrected chi connectivity index (χ2v) is 3.78. The third-order valence-electron chi connectivity index (χ3n) is 2.97. The molecule has 2 atom stereocenters. The lowest BCUT2D eigenvalue weighted by Crippen LogP contribution is -2.38. The first-order valence-electron chi connectivity index (χ1n) is 4.40. The fourth-order valence-electron chi connectivity index (χ4n) is 2.31. The van der Waals surface area contributed by atoms with Gasteiger partial charge in [0.05, 0.1) is 0 Å².